The van der Waals surface area contributed by atoms with Gasteiger partial charge in [-0.1, -0.05) is 28.1 Å². The summed E-state index contributed by atoms with van der Waals surface area (Å²) in [5.74, 6) is 0.565. The lowest BCUT2D eigenvalue weighted by Gasteiger charge is -2.10. The molecule has 2 aromatic rings. The van der Waals surface area contributed by atoms with Crippen molar-refractivity contribution in [3.05, 3.63) is 53.0 Å². The van der Waals surface area contributed by atoms with Crippen LogP contribution in [-0.2, 0) is 10.0 Å². The normalized spacial score (nSPS) is 11.1. The summed E-state index contributed by atoms with van der Waals surface area (Å²) < 4.78 is 33.2. The molecular formula is C14H15BrN2O3S. The molecule has 7 heteroatoms. The van der Waals surface area contributed by atoms with Gasteiger partial charge >= 0.3 is 0 Å². The summed E-state index contributed by atoms with van der Waals surface area (Å²) in [7, 11) is -3.63. The SMILES string of the molecule is NCCOc1cccc(NS(=O)(=O)c2cccc(Br)c2)c1. The van der Waals surface area contributed by atoms with Crippen LogP contribution in [-0.4, -0.2) is 21.6 Å². The van der Waals surface area contributed by atoms with E-state index in [1.807, 2.05) is 0 Å². The molecule has 5 nitrogen and oxygen atoms in total. The number of anilines is 1. The molecule has 0 aliphatic heterocycles. The first kappa shape index (κ1) is 15.8. The lowest BCUT2D eigenvalue weighted by atomic mass is 10.3. The van der Waals surface area contributed by atoms with E-state index < -0.39 is 10.0 Å². The van der Waals surface area contributed by atoms with E-state index in [-0.39, 0.29) is 4.90 Å². The Bertz CT molecular complexity index is 720. The van der Waals surface area contributed by atoms with Crippen molar-refractivity contribution in [2.24, 2.45) is 5.73 Å². The smallest absolute Gasteiger partial charge is 0.261 e. The van der Waals surface area contributed by atoms with Crippen molar-refractivity contribution in [1.82, 2.24) is 0 Å². The van der Waals surface area contributed by atoms with Crippen LogP contribution < -0.4 is 15.2 Å². The summed E-state index contributed by atoms with van der Waals surface area (Å²) in [4.78, 5) is 0.185. The predicted molar refractivity (Wildman–Crippen MR) is 85.9 cm³/mol. The maximum absolute atomic E-state index is 12.3. The fourth-order valence-corrected chi connectivity index (χ4v) is 3.32. The Hall–Kier alpha value is -1.57. The lowest BCUT2D eigenvalue weighted by molar-refractivity contribution is 0.328. The number of ether oxygens (including phenoxy) is 1. The molecule has 2 aromatic carbocycles. The molecule has 0 aromatic heterocycles. The van der Waals surface area contributed by atoms with E-state index in [0.717, 1.165) is 0 Å². The quantitative estimate of drug-likeness (QED) is 0.818. The zero-order valence-electron chi connectivity index (χ0n) is 11.1. The summed E-state index contributed by atoms with van der Waals surface area (Å²) in [5.41, 5.74) is 5.80. The van der Waals surface area contributed by atoms with Crippen molar-refractivity contribution in [1.29, 1.82) is 0 Å². The zero-order valence-corrected chi connectivity index (χ0v) is 13.5. The van der Waals surface area contributed by atoms with Gasteiger partial charge < -0.3 is 10.5 Å². The molecule has 0 heterocycles. The van der Waals surface area contributed by atoms with Gasteiger partial charge in [-0.25, -0.2) is 8.42 Å². The van der Waals surface area contributed by atoms with Crippen LogP contribution >= 0.6 is 15.9 Å². The molecular weight excluding hydrogens is 356 g/mol. The van der Waals surface area contributed by atoms with Crippen LogP contribution in [0.1, 0.15) is 0 Å². The Morgan fingerprint density at radius 3 is 2.62 bits per heavy atom. The third kappa shape index (κ3) is 4.45. The molecule has 0 unspecified atom stereocenters. The second-order valence-corrected chi connectivity index (χ2v) is 6.83. The molecule has 0 radical (unpaired) electrons. The van der Waals surface area contributed by atoms with Crippen LogP contribution in [0.3, 0.4) is 0 Å². The highest BCUT2D eigenvalue weighted by Crippen LogP contribution is 2.22. The molecule has 3 N–H and O–H groups in total. The van der Waals surface area contributed by atoms with Crippen LogP contribution in [0, 0.1) is 0 Å². The van der Waals surface area contributed by atoms with E-state index >= 15 is 0 Å². The number of rotatable bonds is 6. The van der Waals surface area contributed by atoms with Crippen LogP contribution in [0.4, 0.5) is 5.69 Å². The van der Waals surface area contributed by atoms with Gasteiger partial charge in [-0.2, -0.15) is 0 Å². The number of halogens is 1. The van der Waals surface area contributed by atoms with Gasteiger partial charge in [-0.15, -0.1) is 0 Å². The molecule has 0 saturated carbocycles. The minimum Gasteiger partial charge on any atom is -0.492 e. The monoisotopic (exact) mass is 370 g/mol. The second kappa shape index (κ2) is 6.93. The maximum Gasteiger partial charge on any atom is 0.261 e. The van der Waals surface area contributed by atoms with Gasteiger partial charge in [0.25, 0.3) is 10.0 Å². The first-order valence-electron chi connectivity index (χ1n) is 6.22. The van der Waals surface area contributed by atoms with Crippen LogP contribution in [0.25, 0.3) is 0 Å². The molecule has 0 aliphatic carbocycles. The van der Waals surface area contributed by atoms with Gasteiger partial charge in [0.15, 0.2) is 0 Å². The van der Waals surface area contributed by atoms with Crippen LogP contribution in [0.2, 0.25) is 0 Å². The first-order chi connectivity index (χ1) is 10.0. The molecule has 21 heavy (non-hydrogen) atoms. The highest BCUT2D eigenvalue weighted by atomic mass is 79.9. The standard InChI is InChI=1S/C14H15BrN2O3S/c15-11-3-1-6-14(9-11)21(18,19)17-12-4-2-5-13(10-12)20-8-7-16/h1-6,9-10,17H,7-8,16H2. The molecule has 112 valence electrons. The van der Waals surface area contributed by atoms with Crippen molar-refractivity contribution in [2.45, 2.75) is 4.90 Å². The van der Waals surface area contributed by atoms with Crippen molar-refractivity contribution >= 4 is 31.6 Å². The highest BCUT2D eigenvalue weighted by Gasteiger charge is 2.14. The molecule has 2 rings (SSSR count). The number of nitrogens with one attached hydrogen (secondary N) is 1. The third-order valence-corrected chi connectivity index (χ3v) is 4.45. The van der Waals surface area contributed by atoms with Crippen molar-refractivity contribution in [2.75, 3.05) is 17.9 Å². The van der Waals surface area contributed by atoms with Gasteiger partial charge in [0.2, 0.25) is 0 Å². The van der Waals surface area contributed by atoms with Crippen molar-refractivity contribution < 1.29 is 13.2 Å². The molecule has 0 aliphatic rings. The second-order valence-electron chi connectivity index (χ2n) is 4.23. The van der Waals surface area contributed by atoms with Gasteiger partial charge in [0.05, 0.1) is 10.6 Å². The Morgan fingerprint density at radius 2 is 1.90 bits per heavy atom. The van der Waals surface area contributed by atoms with Gasteiger partial charge in [0.1, 0.15) is 12.4 Å². The van der Waals surface area contributed by atoms with E-state index in [0.29, 0.717) is 29.1 Å². The average Bonchev–Trinajstić information content (AvgIpc) is 2.45. The van der Waals surface area contributed by atoms with E-state index in [9.17, 15) is 8.42 Å². The van der Waals surface area contributed by atoms with Crippen molar-refractivity contribution in [3.8, 4) is 5.75 Å². The predicted octanol–water partition coefficient (Wildman–Crippen LogP) is 2.59. The van der Waals surface area contributed by atoms with Gasteiger partial charge in [-0.3, -0.25) is 4.72 Å². The molecule has 0 fully saturated rings. The highest BCUT2D eigenvalue weighted by molar-refractivity contribution is 9.10. The first-order valence-corrected chi connectivity index (χ1v) is 8.50. The number of nitrogens with two attached hydrogens (primary N) is 1. The van der Waals surface area contributed by atoms with Crippen LogP contribution in [0.15, 0.2) is 57.9 Å². The number of benzene rings is 2. The Balaban J connectivity index is 2.20. The fourth-order valence-electron chi connectivity index (χ4n) is 1.67. The fraction of sp³-hybridized carbons (Fsp3) is 0.143. The Labute approximate surface area is 132 Å². The Morgan fingerprint density at radius 1 is 1.14 bits per heavy atom. The van der Waals surface area contributed by atoms with E-state index in [1.165, 1.54) is 12.1 Å². The van der Waals surface area contributed by atoms with E-state index in [1.54, 1.807) is 36.4 Å². The van der Waals surface area contributed by atoms with E-state index in [2.05, 4.69) is 20.7 Å². The van der Waals surface area contributed by atoms with Gasteiger partial charge in [-0.05, 0) is 30.3 Å². The number of hydrogen-bond acceptors (Lipinski definition) is 4. The summed E-state index contributed by atoms with van der Waals surface area (Å²) in [6, 6.07) is 13.2. The lowest BCUT2D eigenvalue weighted by Crippen LogP contribution is -2.13. The minimum atomic E-state index is -3.63. The van der Waals surface area contributed by atoms with Crippen molar-refractivity contribution in [3.63, 3.8) is 0 Å². The largest absolute Gasteiger partial charge is 0.492 e. The third-order valence-electron chi connectivity index (χ3n) is 2.58. The molecule has 0 saturated heterocycles. The topological polar surface area (TPSA) is 81.4 Å². The number of hydrogen-bond donors (Lipinski definition) is 2. The molecule has 0 amide bonds. The van der Waals surface area contributed by atoms with E-state index in [4.69, 9.17) is 10.5 Å². The molecule has 0 atom stereocenters. The minimum absolute atomic E-state index is 0.185. The summed E-state index contributed by atoms with van der Waals surface area (Å²) >= 11 is 3.26. The zero-order chi connectivity index (χ0) is 15.3. The van der Waals surface area contributed by atoms with Crippen LogP contribution in [0.5, 0.6) is 5.75 Å². The molecule has 0 spiro atoms. The summed E-state index contributed by atoms with van der Waals surface area (Å²) in [5, 5.41) is 0. The Kier molecular flexibility index (Phi) is 5.22. The van der Waals surface area contributed by atoms with Gasteiger partial charge in [0, 0.05) is 17.1 Å². The maximum atomic E-state index is 12.3. The summed E-state index contributed by atoms with van der Waals surface area (Å²) in [6.45, 7) is 0.774. The molecule has 0 bridgehead atoms. The average molecular weight is 371 g/mol. The number of sulfonamides is 1. The summed E-state index contributed by atoms with van der Waals surface area (Å²) in [6.07, 6.45) is 0.